The van der Waals surface area contributed by atoms with Crippen molar-refractivity contribution in [2.24, 2.45) is 7.05 Å². The van der Waals surface area contributed by atoms with Crippen molar-refractivity contribution < 1.29 is 8.76 Å². The van der Waals surface area contributed by atoms with Gasteiger partial charge in [-0.1, -0.05) is 12.1 Å². The highest BCUT2D eigenvalue weighted by molar-refractivity contribution is 7.77. The Hall–Kier alpha value is -3.08. The molecule has 3 N–H and O–H groups in total. The maximum absolute atomic E-state index is 10.8. The Kier molecular flexibility index (Phi) is 4.67. The van der Waals surface area contributed by atoms with Crippen LogP contribution < -0.4 is 10.0 Å². The average Bonchev–Trinajstić information content (AvgIpc) is 3.26. The molecule has 0 amide bonds. The highest BCUT2D eigenvalue weighted by Gasteiger charge is 2.09. The number of benzene rings is 1. The van der Waals surface area contributed by atoms with Crippen LogP contribution in [0.4, 0.5) is 11.6 Å². The van der Waals surface area contributed by atoms with E-state index in [2.05, 4.69) is 25.2 Å². The number of fused-ring (bicyclic) bond motifs is 1. The summed E-state index contributed by atoms with van der Waals surface area (Å²) in [4.78, 5) is 4.35. The summed E-state index contributed by atoms with van der Waals surface area (Å²) in [7, 11) is 1.87. The number of aryl methyl sites for hydroxylation is 1. The van der Waals surface area contributed by atoms with Gasteiger partial charge in [-0.2, -0.15) is 5.10 Å². The zero-order valence-electron chi connectivity index (χ0n) is 14.4. The van der Waals surface area contributed by atoms with Gasteiger partial charge in [-0.05, 0) is 29.8 Å². The molecule has 1 aromatic carbocycles. The summed E-state index contributed by atoms with van der Waals surface area (Å²) < 4.78 is 25.6. The first-order valence-electron chi connectivity index (χ1n) is 8.12. The molecule has 4 aromatic rings. The predicted molar refractivity (Wildman–Crippen MR) is 103 cm³/mol. The van der Waals surface area contributed by atoms with Crippen LogP contribution in [0.25, 0.3) is 16.8 Å². The quantitative estimate of drug-likeness (QED) is 0.440. The van der Waals surface area contributed by atoms with E-state index in [1.807, 2.05) is 54.2 Å². The molecule has 0 radical (unpaired) electrons. The van der Waals surface area contributed by atoms with Crippen LogP contribution in [0.1, 0.15) is 5.56 Å². The highest BCUT2D eigenvalue weighted by atomic mass is 32.2. The van der Waals surface area contributed by atoms with Gasteiger partial charge in [0.2, 0.25) is 17.2 Å². The predicted octanol–water partition coefficient (Wildman–Crippen LogP) is 2.10. The van der Waals surface area contributed by atoms with Crippen LogP contribution in [-0.2, 0) is 24.9 Å². The van der Waals surface area contributed by atoms with Crippen molar-refractivity contribution in [1.82, 2.24) is 29.1 Å². The molecule has 9 nitrogen and oxygen atoms in total. The van der Waals surface area contributed by atoms with Gasteiger partial charge in [-0.15, -0.1) is 5.10 Å². The summed E-state index contributed by atoms with van der Waals surface area (Å²) >= 11 is -2.05. The Morgan fingerprint density at radius 3 is 2.89 bits per heavy atom. The van der Waals surface area contributed by atoms with Gasteiger partial charge in [-0.3, -0.25) is 9.23 Å². The standard InChI is InChI=1S/C17H17N7O2S/c1-23-11-13(9-19-23)16-6-5-15-10-18-17(22-24(15)16)21-14-4-2-3-12(7-14)8-20-27(25)26/h2-7,9-11,20H,8H2,1H3,(H,21,22)(H,25,26). The van der Waals surface area contributed by atoms with E-state index in [1.165, 1.54) is 0 Å². The van der Waals surface area contributed by atoms with E-state index in [4.69, 9.17) is 4.55 Å². The van der Waals surface area contributed by atoms with E-state index in [9.17, 15) is 4.21 Å². The molecule has 0 saturated carbocycles. The third kappa shape index (κ3) is 3.87. The summed E-state index contributed by atoms with van der Waals surface area (Å²) in [5, 5.41) is 11.9. The van der Waals surface area contributed by atoms with E-state index in [0.29, 0.717) is 5.95 Å². The summed E-state index contributed by atoms with van der Waals surface area (Å²) in [5.41, 5.74) is 4.41. The van der Waals surface area contributed by atoms with Gasteiger partial charge >= 0.3 is 0 Å². The molecule has 3 aromatic heterocycles. The first kappa shape index (κ1) is 17.3. The van der Waals surface area contributed by atoms with Crippen molar-refractivity contribution in [3.8, 4) is 11.3 Å². The van der Waals surface area contributed by atoms with Gasteiger partial charge < -0.3 is 5.32 Å². The second kappa shape index (κ2) is 7.27. The lowest BCUT2D eigenvalue weighted by molar-refractivity contribution is 0.548. The van der Waals surface area contributed by atoms with Gasteiger partial charge in [0.25, 0.3) is 0 Å². The van der Waals surface area contributed by atoms with Gasteiger partial charge in [0, 0.05) is 31.0 Å². The van der Waals surface area contributed by atoms with E-state index < -0.39 is 11.3 Å². The molecule has 1 unspecified atom stereocenters. The second-order valence-electron chi connectivity index (χ2n) is 5.94. The zero-order chi connectivity index (χ0) is 18.8. The molecule has 0 saturated heterocycles. The minimum absolute atomic E-state index is 0.279. The number of rotatable bonds is 6. The van der Waals surface area contributed by atoms with Crippen molar-refractivity contribution in [1.29, 1.82) is 0 Å². The number of anilines is 2. The summed E-state index contributed by atoms with van der Waals surface area (Å²) in [6.45, 7) is 0.279. The molecule has 0 aliphatic heterocycles. The molecule has 0 bridgehead atoms. The molecule has 0 spiro atoms. The first-order valence-corrected chi connectivity index (χ1v) is 9.23. The van der Waals surface area contributed by atoms with Crippen LogP contribution in [0.15, 0.2) is 55.0 Å². The van der Waals surface area contributed by atoms with E-state index in [0.717, 1.165) is 28.0 Å². The largest absolute Gasteiger partial charge is 0.323 e. The molecule has 27 heavy (non-hydrogen) atoms. The fourth-order valence-electron chi connectivity index (χ4n) is 2.76. The second-order valence-corrected chi connectivity index (χ2v) is 6.72. The van der Waals surface area contributed by atoms with Crippen LogP contribution in [0.2, 0.25) is 0 Å². The number of aromatic nitrogens is 5. The smallest absolute Gasteiger partial charge is 0.245 e. The molecular formula is C17H17N7O2S. The van der Waals surface area contributed by atoms with Gasteiger partial charge in [0.05, 0.1) is 23.6 Å². The molecule has 0 aliphatic rings. The Morgan fingerprint density at radius 1 is 1.22 bits per heavy atom. The van der Waals surface area contributed by atoms with Gasteiger partial charge in [-0.25, -0.2) is 18.4 Å². The maximum Gasteiger partial charge on any atom is 0.245 e. The molecule has 138 valence electrons. The van der Waals surface area contributed by atoms with E-state index >= 15 is 0 Å². The summed E-state index contributed by atoms with van der Waals surface area (Å²) in [6, 6.07) is 11.4. The molecule has 3 heterocycles. The lowest BCUT2D eigenvalue weighted by Gasteiger charge is -2.08. The molecule has 4 rings (SSSR count). The minimum atomic E-state index is -2.05. The van der Waals surface area contributed by atoms with Crippen molar-refractivity contribution in [3.05, 3.63) is 60.6 Å². The number of hydrogen-bond donors (Lipinski definition) is 3. The third-order valence-corrected chi connectivity index (χ3v) is 4.37. The summed E-state index contributed by atoms with van der Waals surface area (Å²) in [6.07, 6.45) is 5.46. The molecule has 0 aliphatic carbocycles. The molecule has 0 fully saturated rings. The van der Waals surface area contributed by atoms with E-state index in [1.54, 1.807) is 17.1 Å². The fraction of sp³-hybridized carbons (Fsp3) is 0.118. The molecular weight excluding hydrogens is 366 g/mol. The van der Waals surface area contributed by atoms with Crippen LogP contribution in [0.5, 0.6) is 0 Å². The first-order chi connectivity index (χ1) is 13.1. The van der Waals surface area contributed by atoms with Crippen LogP contribution >= 0.6 is 0 Å². The van der Waals surface area contributed by atoms with Crippen molar-refractivity contribution in [2.45, 2.75) is 6.54 Å². The minimum Gasteiger partial charge on any atom is -0.323 e. The van der Waals surface area contributed by atoms with Crippen molar-refractivity contribution >= 4 is 28.4 Å². The highest BCUT2D eigenvalue weighted by Crippen LogP contribution is 2.22. The SMILES string of the molecule is Cn1cc(-c2ccc3cnc(Nc4cccc(CNS(=O)O)c4)nn23)cn1. The van der Waals surface area contributed by atoms with E-state index in [-0.39, 0.29) is 6.54 Å². The lowest BCUT2D eigenvalue weighted by atomic mass is 10.2. The topological polar surface area (TPSA) is 109 Å². The summed E-state index contributed by atoms with van der Waals surface area (Å²) in [5.74, 6) is 0.444. The Balaban J connectivity index is 1.61. The molecule has 10 heteroatoms. The van der Waals surface area contributed by atoms with Gasteiger partial charge in [0.15, 0.2) is 0 Å². The van der Waals surface area contributed by atoms with Crippen molar-refractivity contribution in [3.63, 3.8) is 0 Å². The Labute approximate surface area is 157 Å². The van der Waals surface area contributed by atoms with Crippen LogP contribution in [-0.4, -0.2) is 33.1 Å². The number of hydrogen-bond acceptors (Lipinski definition) is 5. The molecule has 1 atom stereocenters. The number of nitrogens with one attached hydrogen (secondary N) is 2. The zero-order valence-corrected chi connectivity index (χ0v) is 15.2. The maximum atomic E-state index is 10.8. The van der Waals surface area contributed by atoms with Gasteiger partial charge in [0.1, 0.15) is 0 Å². The van der Waals surface area contributed by atoms with Crippen molar-refractivity contribution in [2.75, 3.05) is 5.32 Å². The number of nitrogens with zero attached hydrogens (tertiary/aromatic N) is 5. The fourth-order valence-corrected chi connectivity index (χ4v) is 3.05. The Bertz CT molecular complexity index is 1120. The monoisotopic (exact) mass is 383 g/mol. The third-order valence-electron chi connectivity index (χ3n) is 3.98. The van der Waals surface area contributed by atoms with Crippen LogP contribution in [0, 0.1) is 0 Å². The Morgan fingerprint density at radius 2 is 2.11 bits per heavy atom. The lowest BCUT2D eigenvalue weighted by Crippen LogP contribution is -2.15. The van der Waals surface area contributed by atoms with Crippen LogP contribution in [0.3, 0.4) is 0 Å². The normalized spacial score (nSPS) is 12.4. The average molecular weight is 383 g/mol.